The molecule has 1 aromatic rings. The van der Waals surface area contributed by atoms with Crippen molar-refractivity contribution in [3.8, 4) is 0 Å². The Morgan fingerprint density at radius 1 is 1.38 bits per heavy atom. The highest BCUT2D eigenvalue weighted by Crippen LogP contribution is 2.21. The molecule has 0 spiro atoms. The third-order valence-electron chi connectivity index (χ3n) is 2.66. The molecule has 1 heterocycles. The molecule has 0 radical (unpaired) electrons. The van der Waals surface area contributed by atoms with Crippen LogP contribution in [0.2, 0.25) is 0 Å². The molecule has 1 rings (SSSR count). The standard InChI is InChI=1S/C13H23N3/c1-10(7-14)8-15-12-6-5-11(9-16-12)13(2,3)4/h5-6,9-10H,7-8,14H2,1-4H3,(H,15,16). The van der Waals surface area contributed by atoms with E-state index < -0.39 is 0 Å². The van der Waals surface area contributed by atoms with Gasteiger partial charge in [0.25, 0.3) is 0 Å². The summed E-state index contributed by atoms with van der Waals surface area (Å²) in [6, 6.07) is 4.16. The highest BCUT2D eigenvalue weighted by Gasteiger charge is 2.13. The Morgan fingerprint density at radius 3 is 2.50 bits per heavy atom. The number of nitrogens with one attached hydrogen (secondary N) is 1. The Balaban J connectivity index is 2.58. The predicted molar refractivity (Wildman–Crippen MR) is 69.6 cm³/mol. The summed E-state index contributed by atoms with van der Waals surface area (Å²) in [5.74, 6) is 1.40. The topological polar surface area (TPSA) is 50.9 Å². The van der Waals surface area contributed by atoms with Crippen LogP contribution in [0.3, 0.4) is 0 Å². The van der Waals surface area contributed by atoms with Gasteiger partial charge in [0.15, 0.2) is 0 Å². The van der Waals surface area contributed by atoms with E-state index in [4.69, 9.17) is 5.73 Å². The maximum absolute atomic E-state index is 5.56. The number of hydrogen-bond acceptors (Lipinski definition) is 3. The average molecular weight is 221 g/mol. The van der Waals surface area contributed by atoms with Gasteiger partial charge >= 0.3 is 0 Å². The normalized spacial score (nSPS) is 13.6. The van der Waals surface area contributed by atoms with E-state index in [2.05, 4.69) is 44.1 Å². The van der Waals surface area contributed by atoms with E-state index in [-0.39, 0.29) is 5.41 Å². The molecule has 16 heavy (non-hydrogen) atoms. The summed E-state index contributed by atoms with van der Waals surface area (Å²) in [5.41, 5.74) is 6.97. The minimum Gasteiger partial charge on any atom is -0.370 e. The monoisotopic (exact) mass is 221 g/mol. The van der Waals surface area contributed by atoms with E-state index in [9.17, 15) is 0 Å². The van der Waals surface area contributed by atoms with Crippen LogP contribution in [0.4, 0.5) is 5.82 Å². The van der Waals surface area contributed by atoms with Crippen molar-refractivity contribution in [2.75, 3.05) is 18.4 Å². The molecule has 0 aliphatic carbocycles. The zero-order valence-electron chi connectivity index (χ0n) is 10.7. The second kappa shape index (κ2) is 5.30. The van der Waals surface area contributed by atoms with Crippen molar-refractivity contribution >= 4 is 5.82 Å². The predicted octanol–water partition coefficient (Wildman–Crippen LogP) is 2.39. The van der Waals surface area contributed by atoms with E-state index >= 15 is 0 Å². The molecule has 3 nitrogen and oxygen atoms in total. The molecule has 0 aromatic carbocycles. The van der Waals surface area contributed by atoms with Crippen LogP contribution in [-0.4, -0.2) is 18.1 Å². The Labute approximate surface area is 98.5 Å². The van der Waals surface area contributed by atoms with Gasteiger partial charge in [-0.25, -0.2) is 4.98 Å². The number of aromatic nitrogens is 1. The molecule has 3 heteroatoms. The van der Waals surface area contributed by atoms with Crippen LogP contribution in [0, 0.1) is 5.92 Å². The van der Waals surface area contributed by atoms with E-state index in [0.29, 0.717) is 12.5 Å². The maximum Gasteiger partial charge on any atom is 0.125 e. The molecule has 0 aliphatic rings. The molecule has 0 bridgehead atoms. The second-order valence-corrected chi connectivity index (χ2v) is 5.40. The summed E-state index contributed by atoms with van der Waals surface area (Å²) in [6.45, 7) is 10.3. The average Bonchev–Trinajstić information content (AvgIpc) is 2.25. The first-order valence-corrected chi connectivity index (χ1v) is 5.84. The highest BCUT2D eigenvalue weighted by atomic mass is 15.0. The molecule has 1 unspecified atom stereocenters. The minimum atomic E-state index is 0.163. The SMILES string of the molecule is CC(CN)CNc1ccc(C(C)(C)C)cn1. The van der Waals surface area contributed by atoms with Gasteiger partial charge in [-0.1, -0.05) is 33.8 Å². The van der Waals surface area contributed by atoms with Gasteiger partial charge in [0.2, 0.25) is 0 Å². The molecule has 0 fully saturated rings. The molecular weight excluding hydrogens is 198 g/mol. The number of rotatable bonds is 4. The summed E-state index contributed by atoms with van der Waals surface area (Å²) < 4.78 is 0. The van der Waals surface area contributed by atoms with Crippen molar-refractivity contribution in [2.45, 2.75) is 33.1 Å². The van der Waals surface area contributed by atoms with Gasteiger partial charge in [0, 0.05) is 12.7 Å². The van der Waals surface area contributed by atoms with Crippen LogP contribution in [0.15, 0.2) is 18.3 Å². The largest absolute Gasteiger partial charge is 0.370 e. The summed E-state index contributed by atoms with van der Waals surface area (Å²) in [7, 11) is 0. The Bertz CT molecular complexity index is 311. The summed E-state index contributed by atoms with van der Waals surface area (Å²) in [5, 5.41) is 3.28. The summed E-state index contributed by atoms with van der Waals surface area (Å²) >= 11 is 0. The Hall–Kier alpha value is -1.09. The molecule has 0 saturated carbocycles. The van der Waals surface area contributed by atoms with Gasteiger partial charge in [-0.05, 0) is 29.5 Å². The number of nitrogens with two attached hydrogens (primary N) is 1. The van der Waals surface area contributed by atoms with Crippen molar-refractivity contribution in [3.05, 3.63) is 23.9 Å². The molecule has 0 aliphatic heterocycles. The zero-order valence-corrected chi connectivity index (χ0v) is 10.7. The van der Waals surface area contributed by atoms with E-state index in [1.807, 2.05) is 12.3 Å². The third-order valence-corrected chi connectivity index (χ3v) is 2.66. The minimum absolute atomic E-state index is 0.163. The fourth-order valence-corrected chi connectivity index (χ4v) is 1.30. The maximum atomic E-state index is 5.56. The van der Waals surface area contributed by atoms with E-state index in [1.165, 1.54) is 5.56 Å². The van der Waals surface area contributed by atoms with Gasteiger partial charge in [-0.2, -0.15) is 0 Å². The van der Waals surface area contributed by atoms with Crippen molar-refractivity contribution in [2.24, 2.45) is 11.7 Å². The Morgan fingerprint density at radius 2 is 2.06 bits per heavy atom. The number of anilines is 1. The van der Waals surface area contributed by atoms with Gasteiger partial charge in [-0.15, -0.1) is 0 Å². The van der Waals surface area contributed by atoms with Gasteiger partial charge in [0.05, 0.1) is 0 Å². The smallest absolute Gasteiger partial charge is 0.125 e. The van der Waals surface area contributed by atoms with Gasteiger partial charge in [-0.3, -0.25) is 0 Å². The first-order valence-electron chi connectivity index (χ1n) is 5.84. The Kier molecular flexibility index (Phi) is 4.30. The quantitative estimate of drug-likeness (QED) is 0.820. The lowest BCUT2D eigenvalue weighted by Gasteiger charge is -2.19. The fourth-order valence-electron chi connectivity index (χ4n) is 1.30. The van der Waals surface area contributed by atoms with Crippen LogP contribution in [0.25, 0.3) is 0 Å². The molecule has 0 amide bonds. The van der Waals surface area contributed by atoms with E-state index in [1.54, 1.807) is 0 Å². The van der Waals surface area contributed by atoms with Crippen LogP contribution in [-0.2, 0) is 5.41 Å². The molecule has 0 saturated heterocycles. The third kappa shape index (κ3) is 3.81. The summed E-state index contributed by atoms with van der Waals surface area (Å²) in [6.07, 6.45) is 1.94. The summed E-state index contributed by atoms with van der Waals surface area (Å²) in [4.78, 5) is 4.40. The van der Waals surface area contributed by atoms with Crippen molar-refractivity contribution in [1.29, 1.82) is 0 Å². The highest BCUT2D eigenvalue weighted by molar-refractivity contribution is 5.37. The zero-order chi connectivity index (χ0) is 12.2. The lowest BCUT2D eigenvalue weighted by molar-refractivity contribution is 0.587. The lowest BCUT2D eigenvalue weighted by atomic mass is 9.88. The van der Waals surface area contributed by atoms with Crippen LogP contribution < -0.4 is 11.1 Å². The number of nitrogens with zero attached hydrogens (tertiary/aromatic N) is 1. The van der Waals surface area contributed by atoms with Crippen LogP contribution >= 0.6 is 0 Å². The second-order valence-electron chi connectivity index (χ2n) is 5.40. The first kappa shape index (κ1) is 13.0. The molecule has 1 atom stereocenters. The van der Waals surface area contributed by atoms with E-state index in [0.717, 1.165) is 12.4 Å². The lowest BCUT2D eigenvalue weighted by Crippen LogP contribution is -2.20. The van der Waals surface area contributed by atoms with Crippen molar-refractivity contribution < 1.29 is 0 Å². The number of hydrogen-bond donors (Lipinski definition) is 2. The van der Waals surface area contributed by atoms with Gasteiger partial charge < -0.3 is 11.1 Å². The molecule has 90 valence electrons. The first-order chi connectivity index (χ1) is 7.43. The number of pyridine rings is 1. The fraction of sp³-hybridized carbons (Fsp3) is 0.615. The molecular formula is C13H23N3. The molecule has 3 N–H and O–H groups in total. The van der Waals surface area contributed by atoms with Crippen LogP contribution in [0.5, 0.6) is 0 Å². The van der Waals surface area contributed by atoms with Crippen LogP contribution in [0.1, 0.15) is 33.3 Å². The van der Waals surface area contributed by atoms with Crippen molar-refractivity contribution in [3.63, 3.8) is 0 Å². The van der Waals surface area contributed by atoms with Crippen molar-refractivity contribution in [1.82, 2.24) is 4.98 Å². The van der Waals surface area contributed by atoms with Gasteiger partial charge in [0.1, 0.15) is 5.82 Å². The molecule has 1 aromatic heterocycles.